The number of hydrogen-bond donors (Lipinski definition) is 1. The molecule has 24 heavy (non-hydrogen) atoms. The Morgan fingerprint density at radius 2 is 1.71 bits per heavy atom. The minimum atomic E-state index is -0.167. The molecule has 1 N–H and O–H groups in total. The molecule has 1 aliphatic rings. The van der Waals surface area contributed by atoms with E-state index in [1.807, 2.05) is 26.8 Å². The summed E-state index contributed by atoms with van der Waals surface area (Å²) in [5.41, 5.74) is 2.58. The summed E-state index contributed by atoms with van der Waals surface area (Å²) >= 11 is 0. The van der Waals surface area contributed by atoms with Gasteiger partial charge in [-0.3, -0.25) is 9.59 Å². The fraction of sp³-hybridized carbons (Fsp3) is 0.474. The number of allylic oxidation sites excluding steroid dienone is 2. The van der Waals surface area contributed by atoms with Crippen LogP contribution >= 0.6 is 0 Å². The molecule has 130 valence electrons. The van der Waals surface area contributed by atoms with E-state index in [-0.39, 0.29) is 17.6 Å². The van der Waals surface area contributed by atoms with Crippen LogP contribution in [0.5, 0.6) is 11.5 Å². The summed E-state index contributed by atoms with van der Waals surface area (Å²) in [6.45, 7) is 6.04. The summed E-state index contributed by atoms with van der Waals surface area (Å²) in [4.78, 5) is 24.9. The van der Waals surface area contributed by atoms with Crippen LogP contribution < -0.4 is 14.8 Å². The number of amides is 1. The van der Waals surface area contributed by atoms with Crippen LogP contribution in [-0.2, 0) is 4.79 Å². The molecule has 0 radical (unpaired) electrons. The van der Waals surface area contributed by atoms with Gasteiger partial charge in [-0.2, -0.15) is 0 Å². The Morgan fingerprint density at radius 3 is 2.21 bits per heavy atom. The van der Waals surface area contributed by atoms with Crippen molar-refractivity contribution in [1.82, 2.24) is 5.32 Å². The summed E-state index contributed by atoms with van der Waals surface area (Å²) < 4.78 is 10.6. The van der Waals surface area contributed by atoms with Crippen molar-refractivity contribution in [1.29, 1.82) is 0 Å². The minimum Gasteiger partial charge on any atom is -0.493 e. The Bertz CT molecular complexity index is 689. The molecule has 0 atom stereocenters. The van der Waals surface area contributed by atoms with Crippen molar-refractivity contribution in [3.05, 3.63) is 29.0 Å². The minimum absolute atomic E-state index is 0.0924. The van der Waals surface area contributed by atoms with Gasteiger partial charge in [0, 0.05) is 12.0 Å². The van der Waals surface area contributed by atoms with Crippen LogP contribution in [-0.4, -0.2) is 25.9 Å². The summed E-state index contributed by atoms with van der Waals surface area (Å²) in [7, 11) is 3.10. The molecule has 0 bridgehead atoms. The lowest BCUT2D eigenvalue weighted by atomic mass is 9.96. The first-order chi connectivity index (χ1) is 11.4. The van der Waals surface area contributed by atoms with Crippen molar-refractivity contribution in [2.24, 2.45) is 5.92 Å². The largest absolute Gasteiger partial charge is 0.493 e. The third-order valence-electron chi connectivity index (χ3n) is 4.15. The fourth-order valence-electron chi connectivity index (χ4n) is 2.94. The maximum absolute atomic E-state index is 12.8. The third kappa shape index (κ3) is 3.30. The van der Waals surface area contributed by atoms with Gasteiger partial charge in [-0.1, -0.05) is 27.2 Å². The lowest BCUT2D eigenvalue weighted by molar-refractivity contribution is -0.120. The molecule has 0 unspecified atom stereocenters. The number of benzene rings is 1. The average Bonchev–Trinajstić information content (AvgIpc) is 2.83. The highest BCUT2D eigenvalue weighted by atomic mass is 16.5. The maximum Gasteiger partial charge on any atom is 0.224 e. The van der Waals surface area contributed by atoms with Gasteiger partial charge in [0.05, 0.1) is 19.9 Å². The van der Waals surface area contributed by atoms with Gasteiger partial charge in [-0.15, -0.1) is 0 Å². The molecular formula is C19H25NO4. The van der Waals surface area contributed by atoms with Gasteiger partial charge < -0.3 is 14.8 Å². The second-order valence-corrected chi connectivity index (χ2v) is 6.18. The summed E-state index contributed by atoms with van der Waals surface area (Å²) in [5.74, 6) is 0.881. The second-order valence-electron chi connectivity index (χ2n) is 6.18. The van der Waals surface area contributed by atoms with Crippen LogP contribution in [0.4, 0.5) is 0 Å². The van der Waals surface area contributed by atoms with Crippen LogP contribution in [0.1, 0.15) is 56.0 Å². The van der Waals surface area contributed by atoms with E-state index in [0.29, 0.717) is 29.2 Å². The summed E-state index contributed by atoms with van der Waals surface area (Å²) in [6, 6.07) is 3.50. The molecule has 5 heteroatoms. The van der Waals surface area contributed by atoms with Crippen LogP contribution in [0, 0.1) is 5.92 Å². The number of rotatable bonds is 7. The van der Waals surface area contributed by atoms with Gasteiger partial charge in [0.2, 0.25) is 11.7 Å². The van der Waals surface area contributed by atoms with Crippen molar-refractivity contribution in [2.75, 3.05) is 14.2 Å². The lowest BCUT2D eigenvalue weighted by Gasteiger charge is -2.14. The molecule has 0 saturated carbocycles. The van der Waals surface area contributed by atoms with Crippen molar-refractivity contribution >= 4 is 17.3 Å². The standard InChI is InChI=1S/C19H25NO4/c1-6-7-8-16(21)20-18-17(11(2)3)12-9-14(23-4)15(24-5)10-13(12)19(18)22/h9-11H,6-8H2,1-5H3,(H,20,21,22). The normalized spacial score (nSPS) is 13.3. The van der Waals surface area contributed by atoms with Gasteiger partial charge in [0.1, 0.15) is 0 Å². The molecule has 0 saturated heterocycles. The van der Waals surface area contributed by atoms with Crippen molar-refractivity contribution in [2.45, 2.75) is 40.0 Å². The SMILES string of the molecule is CCCCC(=O)NC1=C(C(C)C)c2cc(OC)c(OC)cc2C1=O. The Kier molecular flexibility index (Phi) is 5.65. The number of methoxy groups -OCH3 is 2. The molecule has 0 fully saturated rings. The molecule has 0 aromatic heterocycles. The smallest absolute Gasteiger partial charge is 0.224 e. The van der Waals surface area contributed by atoms with Gasteiger partial charge >= 0.3 is 0 Å². The zero-order valence-electron chi connectivity index (χ0n) is 15.0. The highest BCUT2D eigenvalue weighted by Gasteiger charge is 2.33. The molecule has 1 aromatic carbocycles. The van der Waals surface area contributed by atoms with Crippen LogP contribution in [0.15, 0.2) is 17.8 Å². The first-order valence-corrected chi connectivity index (χ1v) is 8.29. The van der Waals surface area contributed by atoms with Crippen molar-refractivity contribution < 1.29 is 19.1 Å². The zero-order valence-corrected chi connectivity index (χ0v) is 15.0. The number of carbonyl (C=O) groups is 2. The van der Waals surface area contributed by atoms with E-state index in [1.165, 1.54) is 7.11 Å². The van der Waals surface area contributed by atoms with Gasteiger partial charge in [0.25, 0.3) is 0 Å². The Hall–Kier alpha value is -2.30. The molecule has 1 aromatic rings. The van der Waals surface area contributed by atoms with E-state index in [4.69, 9.17) is 9.47 Å². The summed E-state index contributed by atoms with van der Waals surface area (Å²) in [5, 5.41) is 2.83. The molecule has 2 rings (SSSR count). The van der Waals surface area contributed by atoms with Crippen LogP contribution in [0.25, 0.3) is 5.57 Å². The predicted molar refractivity (Wildman–Crippen MR) is 93.3 cm³/mol. The van der Waals surface area contributed by atoms with E-state index >= 15 is 0 Å². The number of Topliss-reactive ketones (excluding diaryl/α,β-unsaturated/α-hetero) is 1. The Morgan fingerprint density at radius 1 is 1.12 bits per heavy atom. The summed E-state index contributed by atoms with van der Waals surface area (Å²) in [6.07, 6.45) is 2.16. The number of ketones is 1. The van der Waals surface area contributed by atoms with Gasteiger partial charge in [0.15, 0.2) is 11.5 Å². The monoisotopic (exact) mass is 331 g/mol. The second kappa shape index (κ2) is 7.51. The van der Waals surface area contributed by atoms with E-state index in [9.17, 15) is 9.59 Å². The number of carbonyl (C=O) groups excluding carboxylic acids is 2. The van der Waals surface area contributed by atoms with E-state index in [0.717, 1.165) is 24.0 Å². The van der Waals surface area contributed by atoms with Crippen LogP contribution in [0.3, 0.4) is 0 Å². The number of nitrogens with one attached hydrogen (secondary N) is 1. The zero-order chi connectivity index (χ0) is 17.9. The number of hydrogen-bond acceptors (Lipinski definition) is 4. The van der Waals surface area contributed by atoms with Crippen molar-refractivity contribution in [3.8, 4) is 11.5 Å². The Labute approximate surface area is 143 Å². The maximum atomic E-state index is 12.8. The highest BCUT2D eigenvalue weighted by molar-refractivity contribution is 6.22. The van der Waals surface area contributed by atoms with Crippen molar-refractivity contribution in [3.63, 3.8) is 0 Å². The first-order valence-electron chi connectivity index (χ1n) is 8.29. The predicted octanol–water partition coefficient (Wildman–Crippen LogP) is 3.57. The van der Waals surface area contributed by atoms with Gasteiger partial charge in [-0.25, -0.2) is 0 Å². The first kappa shape index (κ1) is 18.0. The molecule has 1 amide bonds. The number of fused-ring (bicyclic) bond motifs is 1. The number of unbranched alkanes of at least 4 members (excludes halogenated alkanes) is 1. The molecule has 0 spiro atoms. The van der Waals surface area contributed by atoms with E-state index in [2.05, 4.69) is 5.32 Å². The van der Waals surface area contributed by atoms with E-state index < -0.39 is 0 Å². The quantitative estimate of drug-likeness (QED) is 0.829. The third-order valence-corrected chi connectivity index (χ3v) is 4.15. The highest BCUT2D eigenvalue weighted by Crippen LogP contribution is 2.42. The molecule has 1 aliphatic carbocycles. The van der Waals surface area contributed by atoms with Crippen LogP contribution in [0.2, 0.25) is 0 Å². The average molecular weight is 331 g/mol. The molecule has 5 nitrogen and oxygen atoms in total. The topological polar surface area (TPSA) is 64.6 Å². The van der Waals surface area contributed by atoms with Gasteiger partial charge in [-0.05, 0) is 35.6 Å². The molecule has 0 aliphatic heterocycles. The number of ether oxygens (including phenoxy) is 2. The lowest BCUT2D eigenvalue weighted by Crippen LogP contribution is -2.26. The molecular weight excluding hydrogens is 306 g/mol. The molecule has 0 heterocycles. The van der Waals surface area contributed by atoms with E-state index in [1.54, 1.807) is 13.2 Å². The fourth-order valence-corrected chi connectivity index (χ4v) is 2.94. The Balaban J connectivity index is 2.47.